The van der Waals surface area contributed by atoms with Crippen LogP contribution in [0.1, 0.15) is 49.1 Å². The molecule has 0 heterocycles. The van der Waals surface area contributed by atoms with E-state index in [0.29, 0.717) is 18.9 Å². The Morgan fingerprint density at radius 1 is 0.705 bits per heavy atom. The molecule has 4 rings (SSSR count). The number of halogens is 2. The number of benzene rings is 4. The summed E-state index contributed by atoms with van der Waals surface area (Å²) >= 11 is 0. The van der Waals surface area contributed by atoms with Gasteiger partial charge in [-0.3, -0.25) is 0 Å². The summed E-state index contributed by atoms with van der Waals surface area (Å²) in [6.07, 6.45) is 0.695. The molecule has 0 saturated carbocycles. The maximum absolute atomic E-state index is 14.5. The lowest BCUT2D eigenvalue weighted by Crippen LogP contribution is -2.43. The average molecular weight is 618 g/mol. The Morgan fingerprint density at radius 3 is 1.89 bits per heavy atom. The van der Waals surface area contributed by atoms with Crippen LogP contribution >= 0.6 is 0 Å². The van der Waals surface area contributed by atoms with Crippen molar-refractivity contribution in [2.75, 3.05) is 19.7 Å². The molecule has 0 amide bonds. The van der Waals surface area contributed by atoms with Gasteiger partial charge in [-0.1, -0.05) is 106 Å². The topological polar surface area (TPSA) is 39.7 Å². The van der Waals surface area contributed by atoms with E-state index in [-0.39, 0.29) is 16.7 Å². The van der Waals surface area contributed by atoms with Gasteiger partial charge in [0.05, 0.1) is 6.10 Å². The first kappa shape index (κ1) is 33.4. The van der Waals surface area contributed by atoms with E-state index in [4.69, 9.17) is 13.9 Å². The first-order chi connectivity index (χ1) is 20.9. The van der Waals surface area contributed by atoms with Crippen LogP contribution in [-0.4, -0.2) is 28.0 Å². The molecule has 4 aromatic carbocycles. The molecule has 0 unspecified atom stereocenters. The van der Waals surface area contributed by atoms with E-state index in [1.54, 1.807) is 30.3 Å². The minimum atomic E-state index is -3.05. The standard InChI is InChI=1S/C37H45F2NO3Si/c1-36(2,3)44(4,5)43-35(31-18-22-33(23-19-31)41-27-30-12-8-6-9-13-30)26-40-25-24-29-16-20-34(21-17-29)42-28-37(38,39)32-14-10-7-11-15-32/h6-23,35,40H,24-28H2,1-5H3/t35-/m0/s1. The minimum Gasteiger partial charge on any atom is -0.489 e. The quantitative estimate of drug-likeness (QED) is 0.107. The van der Waals surface area contributed by atoms with Gasteiger partial charge in [-0.05, 0) is 72.1 Å². The first-order valence-electron chi connectivity index (χ1n) is 15.2. The zero-order chi connectivity index (χ0) is 31.6. The molecule has 0 aliphatic heterocycles. The average Bonchev–Trinajstić information content (AvgIpc) is 3.02. The number of rotatable bonds is 15. The molecule has 44 heavy (non-hydrogen) atoms. The number of alkyl halides is 2. The van der Waals surface area contributed by atoms with Gasteiger partial charge in [0.2, 0.25) is 0 Å². The Morgan fingerprint density at radius 2 is 1.27 bits per heavy atom. The van der Waals surface area contributed by atoms with Crippen LogP contribution in [0.25, 0.3) is 0 Å². The third-order valence-corrected chi connectivity index (χ3v) is 12.7. The van der Waals surface area contributed by atoms with Crippen molar-refractivity contribution in [1.82, 2.24) is 5.32 Å². The molecule has 0 radical (unpaired) electrons. The van der Waals surface area contributed by atoms with E-state index in [1.165, 1.54) is 12.1 Å². The smallest absolute Gasteiger partial charge is 0.306 e. The summed E-state index contributed by atoms with van der Waals surface area (Å²) in [5, 5.41) is 3.66. The molecule has 0 saturated heterocycles. The molecule has 0 aromatic heterocycles. The van der Waals surface area contributed by atoms with Crippen molar-refractivity contribution < 1.29 is 22.7 Å². The molecule has 7 heteroatoms. The van der Waals surface area contributed by atoms with E-state index in [9.17, 15) is 8.78 Å². The summed E-state index contributed by atoms with van der Waals surface area (Å²) in [6.45, 7) is 12.6. The highest BCUT2D eigenvalue weighted by atomic mass is 28.4. The molecule has 1 N–H and O–H groups in total. The van der Waals surface area contributed by atoms with Gasteiger partial charge in [0.1, 0.15) is 18.1 Å². The Hall–Kier alpha value is -3.52. The third kappa shape index (κ3) is 9.74. The zero-order valence-corrected chi connectivity index (χ0v) is 27.5. The van der Waals surface area contributed by atoms with Gasteiger partial charge in [0.25, 0.3) is 0 Å². The first-order valence-corrected chi connectivity index (χ1v) is 18.1. The molecular formula is C37H45F2NO3Si. The highest BCUT2D eigenvalue weighted by Gasteiger charge is 2.39. The predicted octanol–water partition coefficient (Wildman–Crippen LogP) is 9.33. The van der Waals surface area contributed by atoms with Crippen molar-refractivity contribution in [3.8, 4) is 11.5 Å². The molecule has 0 aliphatic rings. The Labute approximate surface area is 262 Å². The van der Waals surface area contributed by atoms with E-state index < -0.39 is 20.8 Å². The van der Waals surface area contributed by atoms with Gasteiger partial charge in [-0.25, -0.2) is 0 Å². The predicted molar refractivity (Wildman–Crippen MR) is 177 cm³/mol. The maximum Gasteiger partial charge on any atom is 0.306 e. The SMILES string of the molecule is CC(C)(C)[Si](C)(C)O[C@@H](CNCCc1ccc(OCC(F)(F)c2ccccc2)cc1)c1ccc(OCc2ccccc2)cc1. The second-order valence-electron chi connectivity index (χ2n) is 12.7. The molecule has 0 aliphatic carbocycles. The molecule has 234 valence electrons. The van der Waals surface area contributed by atoms with Gasteiger partial charge in [0, 0.05) is 12.1 Å². The lowest BCUT2D eigenvalue weighted by Gasteiger charge is -2.39. The largest absolute Gasteiger partial charge is 0.489 e. The van der Waals surface area contributed by atoms with Crippen LogP contribution in [0.2, 0.25) is 18.1 Å². The van der Waals surface area contributed by atoms with Crippen LogP contribution in [0, 0.1) is 0 Å². The summed E-state index contributed by atoms with van der Waals surface area (Å²) in [5.74, 6) is -1.80. The molecule has 0 bridgehead atoms. The van der Waals surface area contributed by atoms with Crippen molar-refractivity contribution >= 4 is 8.32 Å². The van der Waals surface area contributed by atoms with Crippen LogP contribution in [0.3, 0.4) is 0 Å². The van der Waals surface area contributed by atoms with Gasteiger partial charge in [0.15, 0.2) is 14.9 Å². The summed E-state index contributed by atoms with van der Waals surface area (Å²) in [7, 11) is -2.04. The number of nitrogens with one attached hydrogen (secondary N) is 1. The highest BCUT2D eigenvalue weighted by Crippen LogP contribution is 2.40. The molecule has 4 aromatic rings. The maximum atomic E-state index is 14.5. The van der Waals surface area contributed by atoms with Gasteiger partial charge < -0.3 is 19.2 Å². The molecular weight excluding hydrogens is 572 g/mol. The molecule has 1 atom stereocenters. The summed E-state index contributed by atoms with van der Waals surface area (Å²) in [4.78, 5) is 0. The van der Waals surface area contributed by atoms with Gasteiger partial charge >= 0.3 is 5.92 Å². The number of hydrogen-bond acceptors (Lipinski definition) is 4. The van der Waals surface area contributed by atoms with Crippen LogP contribution < -0.4 is 14.8 Å². The van der Waals surface area contributed by atoms with E-state index in [2.05, 4.69) is 63.4 Å². The van der Waals surface area contributed by atoms with Crippen molar-refractivity contribution in [3.63, 3.8) is 0 Å². The summed E-state index contributed by atoms with van der Waals surface area (Å²) in [5.41, 5.74) is 3.29. The van der Waals surface area contributed by atoms with Gasteiger partial charge in [-0.2, -0.15) is 8.78 Å². The van der Waals surface area contributed by atoms with Crippen molar-refractivity contribution in [1.29, 1.82) is 0 Å². The zero-order valence-electron chi connectivity index (χ0n) is 26.5. The fourth-order valence-electron chi connectivity index (χ4n) is 4.44. The Bertz CT molecular complexity index is 1410. The fourth-order valence-corrected chi connectivity index (χ4v) is 5.72. The number of ether oxygens (including phenoxy) is 2. The lowest BCUT2D eigenvalue weighted by molar-refractivity contribution is -0.0467. The monoisotopic (exact) mass is 617 g/mol. The Kier molecular flexibility index (Phi) is 11.4. The number of hydrogen-bond donors (Lipinski definition) is 1. The highest BCUT2D eigenvalue weighted by molar-refractivity contribution is 6.74. The van der Waals surface area contributed by atoms with Crippen LogP contribution in [0.15, 0.2) is 109 Å². The molecule has 4 nitrogen and oxygen atoms in total. The van der Waals surface area contributed by atoms with E-state index in [0.717, 1.165) is 35.4 Å². The van der Waals surface area contributed by atoms with E-state index in [1.807, 2.05) is 42.5 Å². The second kappa shape index (κ2) is 15.0. The lowest BCUT2D eigenvalue weighted by atomic mass is 10.1. The fraction of sp³-hybridized carbons (Fsp3) is 0.351. The minimum absolute atomic E-state index is 0.0501. The summed E-state index contributed by atoms with van der Waals surface area (Å²) in [6, 6.07) is 33.5. The van der Waals surface area contributed by atoms with Crippen molar-refractivity contribution in [2.45, 2.75) is 64.0 Å². The van der Waals surface area contributed by atoms with Crippen molar-refractivity contribution in [2.24, 2.45) is 0 Å². The normalized spacial score (nSPS) is 13.0. The second-order valence-corrected chi connectivity index (χ2v) is 17.4. The van der Waals surface area contributed by atoms with Crippen LogP contribution in [0.4, 0.5) is 8.78 Å². The van der Waals surface area contributed by atoms with Crippen LogP contribution in [-0.2, 0) is 23.4 Å². The van der Waals surface area contributed by atoms with E-state index >= 15 is 0 Å². The third-order valence-electron chi connectivity index (χ3n) is 8.20. The van der Waals surface area contributed by atoms with Gasteiger partial charge in [-0.15, -0.1) is 0 Å². The Balaban J connectivity index is 1.30. The van der Waals surface area contributed by atoms with Crippen molar-refractivity contribution in [3.05, 3.63) is 131 Å². The molecule has 0 fully saturated rings. The summed E-state index contributed by atoms with van der Waals surface area (Å²) < 4.78 is 47.2. The molecule has 0 spiro atoms. The van der Waals surface area contributed by atoms with Crippen LogP contribution in [0.5, 0.6) is 11.5 Å².